The second kappa shape index (κ2) is 11.0. The number of allylic oxidation sites excluding steroid dienone is 2. The first-order chi connectivity index (χ1) is 15.8. The molecule has 1 heterocycles. The third-order valence-electron chi connectivity index (χ3n) is 6.24. The molecule has 1 aromatic heterocycles. The number of aromatic hydroxyl groups is 1. The second-order valence-corrected chi connectivity index (χ2v) is 9.05. The van der Waals surface area contributed by atoms with Crippen LogP contribution in [-0.2, 0) is 17.6 Å². The van der Waals surface area contributed by atoms with Crippen molar-refractivity contribution in [1.82, 2.24) is 9.97 Å². The van der Waals surface area contributed by atoms with Crippen LogP contribution in [0.1, 0.15) is 50.7 Å². The van der Waals surface area contributed by atoms with Gasteiger partial charge in [-0.05, 0) is 61.1 Å². The van der Waals surface area contributed by atoms with Crippen LogP contribution in [0.4, 0.5) is 17.5 Å². The van der Waals surface area contributed by atoms with Crippen LogP contribution in [0.3, 0.4) is 0 Å². The van der Waals surface area contributed by atoms with E-state index in [-0.39, 0.29) is 23.4 Å². The molecule has 6 N–H and O–H groups in total. The van der Waals surface area contributed by atoms with E-state index in [1.807, 2.05) is 12.1 Å². The highest BCUT2D eigenvalue weighted by Gasteiger charge is 2.20. The van der Waals surface area contributed by atoms with Crippen molar-refractivity contribution in [2.24, 2.45) is 23.5 Å². The average Bonchev–Trinajstić information content (AvgIpc) is 2.97. The zero-order valence-corrected chi connectivity index (χ0v) is 19.7. The van der Waals surface area contributed by atoms with Crippen molar-refractivity contribution in [3.63, 3.8) is 0 Å². The van der Waals surface area contributed by atoms with Gasteiger partial charge < -0.3 is 26.6 Å². The highest BCUT2D eigenvalue weighted by Crippen LogP contribution is 2.37. The summed E-state index contributed by atoms with van der Waals surface area (Å²) < 4.78 is 5.66. The molecule has 0 saturated heterocycles. The number of anilines is 3. The van der Waals surface area contributed by atoms with Crippen molar-refractivity contribution in [1.29, 1.82) is 0 Å². The molecule has 1 amide bonds. The van der Waals surface area contributed by atoms with Gasteiger partial charge in [0.1, 0.15) is 5.75 Å². The van der Waals surface area contributed by atoms with Gasteiger partial charge in [0.15, 0.2) is 11.6 Å². The van der Waals surface area contributed by atoms with Crippen LogP contribution in [0.2, 0.25) is 0 Å². The number of methoxy groups -OCH3 is 1. The predicted molar refractivity (Wildman–Crippen MR) is 130 cm³/mol. The number of nitrogens with two attached hydrogens (primary N) is 2. The quantitative estimate of drug-likeness (QED) is 0.404. The van der Waals surface area contributed by atoms with E-state index in [1.54, 1.807) is 7.11 Å². The topological polar surface area (TPSA) is 136 Å². The molecule has 2 aromatic rings. The zero-order chi connectivity index (χ0) is 24.0. The molecular weight excluding hydrogens is 418 g/mol. The average molecular weight is 454 g/mol. The van der Waals surface area contributed by atoms with Gasteiger partial charge >= 0.3 is 0 Å². The Morgan fingerprint density at radius 2 is 2.09 bits per heavy atom. The lowest BCUT2D eigenvalue weighted by Gasteiger charge is -2.18. The third kappa shape index (κ3) is 6.37. The van der Waals surface area contributed by atoms with Crippen LogP contribution >= 0.6 is 0 Å². The Morgan fingerprint density at radius 3 is 2.73 bits per heavy atom. The normalized spacial score (nSPS) is 21.7. The van der Waals surface area contributed by atoms with E-state index in [0.717, 1.165) is 43.5 Å². The van der Waals surface area contributed by atoms with Gasteiger partial charge in [0, 0.05) is 5.92 Å². The Kier molecular flexibility index (Phi) is 8.14. The number of benzene rings is 1. The van der Waals surface area contributed by atoms with Gasteiger partial charge in [0.05, 0.1) is 19.0 Å². The first-order valence-corrected chi connectivity index (χ1v) is 11.5. The van der Waals surface area contributed by atoms with Crippen molar-refractivity contribution < 1.29 is 14.6 Å². The Morgan fingerprint density at radius 1 is 1.30 bits per heavy atom. The lowest BCUT2D eigenvalue weighted by atomic mass is 9.87. The molecule has 2 aliphatic carbocycles. The molecular formula is C25H35N5O3. The maximum absolute atomic E-state index is 10.7. The van der Waals surface area contributed by atoms with Gasteiger partial charge in [-0.15, -0.1) is 0 Å². The van der Waals surface area contributed by atoms with Gasteiger partial charge in [-0.25, -0.2) is 4.98 Å². The van der Waals surface area contributed by atoms with E-state index in [1.165, 1.54) is 23.7 Å². The number of hydrogen-bond donors (Lipinski definition) is 4. The van der Waals surface area contributed by atoms with Crippen molar-refractivity contribution in [3.05, 3.63) is 41.6 Å². The zero-order valence-electron chi connectivity index (χ0n) is 19.7. The lowest BCUT2D eigenvalue weighted by molar-refractivity contribution is -0.122. The Bertz CT molecular complexity index is 1010. The molecule has 0 radical (unpaired) electrons. The molecule has 33 heavy (non-hydrogen) atoms. The maximum Gasteiger partial charge on any atom is 0.229 e. The van der Waals surface area contributed by atoms with Crippen LogP contribution in [0.15, 0.2) is 30.5 Å². The highest BCUT2D eigenvalue weighted by molar-refractivity contribution is 5.77. The molecule has 8 heteroatoms. The summed E-state index contributed by atoms with van der Waals surface area (Å²) in [4.78, 5) is 18.8. The SMILES string of the molecule is COc1c(Nc2ncc(O)c(N)n2)ccc2c1CCCC(C)C2.C[C@@H]1C=CC[C@H](C(N)=O)C1. The molecule has 0 spiro atoms. The van der Waals surface area contributed by atoms with Crippen molar-refractivity contribution in [3.8, 4) is 11.5 Å². The number of nitrogens with one attached hydrogen (secondary N) is 1. The minimum atomic E-state index is -0.156. The summed E-state index contributed by atoms with van der Waals surface area (Å²) in [5, 5.41) is 12.6. The number of primary amides is 1. The number of nitrogen functional groups attached to an aromatic ring is 1. The molecule has 3 atom stereocenters. The van der Waals surface area contributed by atoms with Gasteiger partial charge in [-0.3, -0.25) is 4.79 Å². The summed E-state index contributed by atoms with van der Waals surface area (Å²) >= 11 is 0. The summed E-state index contributed by atoms with van der Waals surface area (Å²) in [6.07, 6.45) is 11.7. The molecule has 0 bridgehead atoms. The van der Waals surface area contributed by atoms with Crippen molar-refractivity contribution in [2.75, 3.05) is 18.2 Å². The number of rotatable bonds is 4. The Labute approximate surface area is 195 Å². The lowest BCUT2D eigenvalue weighted by Crippen LogP contribution is -2.25. The van der Waals surface area contributed by atoms with Crippen LogP contribution in [0, 0.1) is 17.8 Å². The summed E-state index contributed by atoms with van der Waals surface area (Å²) in [7, 11) is 1.68. The molecule has 4 rings (SSSR count). The molecule has 0 saturated carbocycles. The maximum atomic E-state index is 10.7. The highest BCUT2D eigenvalue weighted by atomic mass is 16.5. The van der Waals surface area contributed by atoms with E-state index in [2.05, 4.69) is 41.3 Å². The van der Waals surface area contributed by atoms with Crippen LogP contribution in [0.5, 0.6) is 11.5 Å². The van der Waals surface area contributed by atoms with Crippen LogP contribution in [-0.4, -0.2) is 28.1 Å². The van der Waals surface area contributed by atoms with E-state index < -0.39 is 0 Å². The molecule has 178 valence electrons. The van der Waals surface area contributed by atoms with Gasteiger partial charge in [-0.1, -0.05) is 38.5 Å². The predicted octanol–water partition coefficient (Wildman–Crippen LogP) is 4.11. The first kappa shape index (κ1) is 24.4. The Balaban J connectivity index is 0.000000257. The minimum Gasteiger partial charge on any atom is -0.503 e. The monoisotopic (exact) mass is 453 g/mol. The van der Waals surface area contributed by atoms with Crippen molar-refractivity contribution in [2.45, 2.75) is 52.4 Å². The van der Waals surface area contributed by atoms with Crippen LogP contribution < -0.4 is 21.5 Å². The van der Waals surface area contributed by atoms with Gasteiger partial charge in [0.2, 0.25) is 11.9 Å². The van der Waals surface area contributed by atoms with E-state index in [9.17, 15) is 9.90 Å². The number of aromatic nitrogens is 2. The third-order valence-corrected chi connectivity index (χ3v) is 6.24. The molecule has 0 fully saturated rings. The largest absolute Gasteiger partial charge is 0.503 e. The van der Waals surface area contributed by atoms with E-state index in [4.69, 9.17) is 16.2 Å². The fraction of sp³-hybridized carbons (Fsp3) is 0.480. The number of amides is 1. The number of ether oxygens (including phenoxy) is 1. The standard InChI is InChI=1S/C17H22N4O2.C8H13NO/c1-10-4-3-5-12-11(8-10)6-7-13(15(12)23-2)20-17-19-9-14(22)16(18)21-17;1-6-3-2-4-7(5-6)8(9)10/h6-7,9-10,22H,3-5,8H2,1-2H3,(H3,18,19,20,21);2-3,6-7H,4-5H2,1H3,(H2,9,10)/t;6-,7+/m.1/s1. The van der Waals surface area contributed by atoms with Gasteiger partial charge in [0.25, 0.3) is 0 Å². The second-order valence-electron chi connectivity index (χ2n) is 9.05. The van der Waals surface area contributed by atoms with Crippen LogP contribution in [0.25, 0.3) is 0 Å². The number of carbonyl (C=O) groups is 1. The number of fused-ring (bicyclic) bond motifs is 1. The summed E-state index contributed by atoms with van der Waals surface area (Å²) in [6, 6.07) is 4.13. The molecule has 8 nitrogen and oxygen atoms in total. The number of carbonyl (C=O) groups excluding carboxylic acids is 1. The van der Waals surface area contributed by atoms with E-state index >= 15 is 0 Å². The fourth-order valence-corrected chi connectivity index (χ4v) is 4.47. The first-order valence-electron chi connectivity index (χ1n) is 11.5. The number of nitrogens with zero attached hydrogens (tertiary/aromatic N) is 2. The summed E-state index contributed by atoms with van der Waals surface area (Å²) in [6.45, 7) is 4.40. The summed E-state index contributed by atoms with van der Waals surface area (Å²) in [5.41, 5.74) is 14.2. The van der Waals surface area contributed by atoms with Crippen molar-refractivity contribution >= 4 is 23.4 Å². The molecule has 1 aromatic carbocycles. The number of hydrogen-bond acceptors (Lipinski definition) is 7. The Hall–Kier alpha value is -3.29. The van der Waals surface area contributed by atoms with Gasteiger partial charge in [-0.2, -0.15) is 4.98 Å². The minimum absolute atomic E-state index is 0.0463. The summed E-state index contributed by atoms with van der Waals surface area (Å²) in [5.74, 6) is 2.23. The van der Waals surface area contributed by atoms with E-state index in [0.29, 0.717) is 17.8 Å². The fourth-order valence-electron chi connectivity index (χ4n) is 4.47. The smallest absolute Gasteiger partial charge is 0.229 e. The molecule has 0 aliphatic heterocycles. The molecule has 2 aliphatic rings. The molecule has 1 unspecified atom stereocenters.